The highest BCUT2D eigenvalue weighted by atomic mass is 79.9. The predicted octanol–water partition coefficient (Wildman–Crippen LogP) is 4.16. The van der Waals surface area contributed by atoms with Crippen LogP contribution in [-0.4, -0.2) is 23.3 Å². The van der Waals surface area contributed by atoms with Crippen LogP contribution in [0.3, 0.4) is 0 Å². The molecule has 4 heteroatoms. The Labute approximate surface area is 129 Å². The van der Waals surface area contributed by atoms with E-state index in [4.69, 9.17) is 9.47 Å². The highest BCUT2D eigenvalue weighted by molar-refractivity contribution is 9.08. The lowest BCUT2D eigenvalue weighted by molar-refractivity contribution is -0.108. The third-order valence-corrected chi connectivity index (χ3v) is 4.99. The number of hydrogen-bond donors (Lipinski definition) is 0. The van der Waals surface area contributed by atoms with Crippen molar-refractivity contribution in [3.05, 3.63) is 23.5 Å². The SMILES string of the molecule is Cc1ccc(OC2CCOC3(CCCC3)C2)c(CBr)n1. The molecule has 110 valence electrons. The van der Waals surface area contributed by atoms with E-state index < -0.39 is 0 Å². The lowest BCUT2D eigenvalue weighted by Crippen LogP contribution is -2.41. The van der Waals surface area contributed by atoms with Crippen LogP contribution in [0.25, 0.3) is 0 Å². The molecule has 0 aromatic carbocycles. The molecule has 1 aliphatic heterocycles. The molecule has 20 heavy (non-hydrogen) atoms. The summed E-state index contributed by atoms with van der Waals surface area (Å²) in [4.78, 5) is 4.54. The van der Waals surface area contributed by atoms with Crippen molar-refractivity contribution in [3.8, 4) is 5.75 Å². The number of ether oxygens (including phenoxy) is 2. The van der Waals surface area contributed by atoms with E-state index in [1.807, 2.05) is 13.0 Å². The number of halogens is 1. The molecule has 1 aliphatic carbocycles. The van der Waals surface area contributed by atoms with Crippen molar-refractivity contribution in [2.24, 2.45) is 0 Å². The lowest BCUT2D eigenvalue weighted by Gasteiger charge is -2.38. The molecule has 2 fully saturated rings. The number of nitrogens with zero attached hydrogens (tertiary/aromatic N) is 1. The van der Waals surface area contributed by atoms with Gasteiger partial charge in [0.15, 0.2) is 0 Å². The van der Waals surface area contributed by atoms with E-state index in [0.717, 1.165) is 41.9 Å². The summed E-state index contributed by atoms with van der Waals surface area (Å²) in [6.07, 6.45) is 7.27. The zero-order chi connectivity index (χ0) is 14.0. The lowest BCUT2D eigenvalue weighted by atomic mass is 9.90. The Morgan fingerprint density at radius 3 is 2.95 bits per heavy atom. The van der Waals surface area contributed by atoms with Crippen LogP contribution in [0.15, 0.2) is 12.1 Å². The van der Waals surface area contributed by atoms with Gasteiger partial charge in [0.1, 0.15) is 11.9 Å². The van der Waals surface area contributed by atoms with Gasteiger partial charge in [0.05, 0.1) is 17.9 Å². The van der Waals surface area contributed by atoms with E-state index >= 15 is 0 Å². The molecule has 3 nitrogen and oxygen atoms in total. The molecule has 1 aromatic rings. The van der Waals surface area contributed by atoms with Crippen LogP contribution in [0.5, 0.6) is 5.75 Å². The molecule has 0 radical (unpaired) electrons. The van der Waals surface area contributed by atoms with Gasteiger partial charge in [0.2, 0.25) is 0 Å². The summed E-state index contributed by atoms with van der Waals surface area (Å²) in [5.41, 5.74) is 2.14. The highest BCUT2D eigenvalue weighted by Crippen LogP contribution is 2.41. The van der Waals surface area contributed by atoms with Crippen molar-refractivity contribution >= 4 is 15.9 Å². The second-order valence-electron chi connectivity index (χ2n) is 6.00. The molecule has 1 aromatic heterocycles. The van der Waals surface area contributed by atoms with Gasteiger partial charge in [-0.1, -0.05) is 28.8 Å². The van der Waals surface area contributed by atoms with Crippen LogP contribution in [0.4, 0.5) is 0 Å². The summed E-state index contributed by atoms with van der Waals surface area (Å²) >= 11 is 3.50. The molecule has 1 saturated carbocycles. The first kappa shape index (κ1) is 14.3. The maximum Gasteiger partial charge on any atom is 0.142 e. The molecule has 1 spiro atoms. The average molecular weight is 340 g/mol. The van der Waals surface area contributed by atoms with E-state index in [1.54, 1.807) is 0 Å². The minimum absolute atomic E-state index is 0.107. The van der Waals surface area contributed by atoms with Gasteiger partial charge in [-0.25, -0.2) is 0 Å². The second-order valence-corrected chi connectivity index (χ2v) is 6.56. The molecule has 0 amide bonds. The first-order valence-corrected chi connectivity index (χ1v) is 8.66. The van der Waals surface area contributed by atoms with Crippen molar-refractivity contribution < 1.29 is 9.47 Å². The minimum atomic E-state index is 0.107. The van der Waals surface area contributed by atoms with Crippen LogP contribution in [-0.2, 0) is 10.1 Å². The predicted molar refractivity (Wildman–Crippen MR) is 82.4 cm³/mol. The van der Waals surface area contributed by atoms with Crippen molar-refractivity contribution in [2.75, 3.05) is 6.61 Å². The quantitative estimate of drug-likeness (QED) is 0.775. The van der Waals surface area contributed by atoms with E-state index in [0.29, 0.717) is 0 Å². The number of aromatic nitrogens is 1. The summed E-state index contributed by atoms with van der Waals surface area (Å²) in [5, 5.41) is 0.735. The summed E-state index contributed by atoms with van der Waals surface area (Å²) in [5.74, 6) is 0.924. The Balaban J connectivity index is 1.71. The fraction of sp³-hybridized carbons (Fsp3) is 0.688. The van der Waals surface area contributed by atoms with Gasteiger partial charge in [0.25, 0.3) is 0 Å². The van der Waals surface area contributed by atoms with Crippen molar-refractivity contribution in [1.29, 1.82) is 0 Å². The van der Waals surface area contributed by atoms with Crippen LogP contribution in [0, 0.1) is 6.92 Å². The summed E-state index contributed by atoms with van der Waals surface area (Å²) in [7, 11) is 0. The molecule has 0 N–H and O–H groups in total. The molecular formula is C16H22BrNO2. The van der Waals surface area contributed by atoms with Crippen molar-refractivity contribution in [1.82, 2.24) is 4.98 Å². The zero-order valence-corrected chi connectivity index (χ0v) is 13.6. The smallest absolute Gasteiger partial charge is 0.142 e. The number of hydrogen-bond acceptors (Lipinski definition) is 3. The van der Waals surface area contributed by atoms with Crippen molar-refractivity contribution in [2.45, 2.75) is 62.5 Å². The number of aryl methyl sites for hydroxylation is 1. The molecule has 3 rings (SSSR count). The standard InChI is InChI=1S/C16H22BrNO2/c1-12-4-5-15(14(11-17)18-12)20-13-6-9-19-16(10-13)7-2-3-8-16/h4-5,13H,2-3,6-11H2,1H3. The molecule has 2 heterocycles. The summed E-state index contributed by atoms with van der Waals surface area (Å²) < 4.78 is 12.3. The number of alkyl halides is 1. The fourth-order valence-electron chi connectivity index (χ4n) is 3.43. The first-order valence-electron chi connectivity index (χ1n) is 7.54. The van der Waals surface area contributed by atoms with Gasteiger partial charge in [-0.15, -0.1) is 0 Å². The largest absolute Gasteiger partial charge is 0.488 e. The second kappa shape index (κ2) is 6.02. The number of pyridine rings is 1. The van der Waals surface area contributed by atoms with Crippen molar-refractivity contribution in [3.63, 3.8) is 0 Å². The van der Waals surface area contributed by atoms with E-state index in [2.05, 4.69) is 27.0 Å². The van der Waals surface area contributed by atoms with Crippen LogP contribution in [0.2, 0.25) is 0 Å². The third kappa shape index (κ3) is 3.01. The van der Waals surface area contributed by atoms with Gasteiger partial charge in [-0.3, -0.25) is 4.98 Å². The van der Waals surface area contributed by atoms with Gasteiger partial charge in [-0.05, 0) is 31.9 Å². The van der Waals surface area contributed by atoms with Gasteiger partial charge >= 0.3 is 0 Å². The van der Waals surface area contributed by atoms with Gasteiger partial charge in [0, 0.05) is 23.9 Å². The van der Waals surface area contributed by atoms with Gasteiger partial charge in [-0.2, -0.15) is 0 Å². The highest BCUT2D eigenvalue weighted by Gasteiger charge is 2.40. The zero-order valence-electron chi connectivity index (χ0n) is 12.0. The first-order chi connectivity index (χ1) is 9.71. The van der Waals surface area contributed by atoms with Gasteiger partial charge < -0.3 is 9.47 Å². The monoisotopic (exact) mass is 339 g/mol. The molecular weight excluding hydrogens is 318 g/mol. The Morgan fingerprint density at radius 1 is 1.40 bits per heavy atom. The summed E-state index contributed by atoms with van der Waals surface area (Å²) in [6.45, 7) is 2.84. The Bertz CT molecular complexity index is 472. The molecule has 1 unspecified atom stereocenters. The van der Waals surface area contributed by atoms with E-state index in [1.165, 1.54) is 25.7 Å². The topological polar surface area (TPSA) is 31.4 Å². The normalized spacial score (nSPS) is 25.0. The third-order valence-electron chi connectivity index (χ3n) is 4.45. The van der Waals surface area contributed by atoms with E-state index in [-0.39, 0.29) is 11.7 Å². The average Bonchev–Trinajstić information content (AvgIpc) is 2.89. The number of rotatable bonds is 3. The molecule has 0 bridgehead atoms. The van der Waals surface area contributed by atoms with Crippen LogP contribution in [0.1, 0.15) is 49.9 Å². The maximum absolute atomic E-state index is 6.25. The molecule has 1 atom stereocenters. The Kier molecular flexibility index (Phi) is 4.32. The maximum atomic E-state index is 6.25. The van der Waals surface area contributed by atoms with E-state index in [9.17, 15) is 0 Å². The minimum Gasteiger partial charge on any atom is -0.488 e. The van der Waals surface area contributed by atoms with Crippen LogP contribution >= 0.6 is 15.9 Å². The summed E-state index contributed by atoms with van der Waals surface area (Å²) in [6, 6.07) is 4.07. The fourth-order valence-corrected chi connectivity index (χ4v) is 3.83. The molecule has 1 saturated heterocycles. The Morgan fingerprint density at radius 2 is 2.20 bits per heavy atom. The van der Waals surface area contributed by atoms with Crippen LogP contribution < -0.4 is 4.74 Å². The molecule has 2 aliphatic rings. The Hall–Kier alpha value is -0.610.